The minimum Gasteiger partial charge on any atom is -0.490 e. The summed E-state index contributed by atoms with van der Waals surface area (Å²) >= 11 is 0. The lowest BCUT2D eigenvalue weighted by Crippen LogP contribution is -2.07. The van der Waals surface area contributed by atoms with Crippen molar-refractivity contribution in [2.75, 3.05) is 19.8 Å². The summed E-state index contributed by atoms with van der Waals surface area (Å²) in [5.74, 6) is 2.78. The monoisotopic (exact) mass is 320 g/mol. The average molecular weight is 320 g/mol. The minimum absolute atomic E-state index is 0.425. The Kier molecular flexibility index (Phi) is 9.27. The van der Waals surface area contributed by atoms with Crippen LogP contribution in [0.15, 0.2) is 24.3 Å². The smallest absolute Gasteiger partial charge is 0.203 e. The van der Waals surface area contributed by atoms with E-state index in [0.29, 0.717) is 25.7 Å². The second-order valence-electron chi connectivity index (χ2n) is 5.33. The van der Waals surface area contributed by atoms with Gasteiger partial charge >= 0.3 is 0 Å². The molecule has 0 fully saturated rings. The van der Waals surface area contributed by atoms with E-state index in [1.807, 2.05) is 26.8 Å². The minimum atomic E-state index is 0.425. The van der Waals surface area contributed by atoms with Gasteiger partial charge in [-0.25, -0.2) is 0 Å². The van der Waals surface area contributed by atoms with Gasteiger partial charge in [-0.05, 0) is 52.0 Å². The van der Waals surface area contributed by atoms with E-state index in [2.05, 4.69) is 32.1 Å². The Morgan fingerprint density at radius 2 is 1.48 bits per heavy atom. The zero-order valence-electron chi connectivity index (χ0n) is 15.4. The molecule has 1 unspecified atom stereocenters. The second kappa shape index (κ2) is 11.0. The normalized spacial score (nSPS) is 12.4. The number of allylic oxidation sites excluding steroid dienone is 2. The highest BCUT2D eigenvalue weighted by Gasteiger charge is 2.21. The molecule has 0 amide bonds. The van der Waals surface area contributed by atoms with E-state index in [1.54, 1.807) is 0 Å². The van der Waals surface area contributed by atoms with E-state index in [1.165, 1.54) is 5.56 Å². The molecule has 130 valence electrons. The lowest BCUT2D eigenvalue weighted by Gasteiger charge is -2.22. The number of benzene rings is 1. The van der Waals surface area contributed by atoms with Gasteiger partial charge in [-0.2, -0.15) is 0 Å². The van der Waals surface area contributed by atoms with E-state index in [4.69, 9.17) is 14.2 Å². The predicted octanol–water partition coefficient (Wildman–Crippen LogP) is 5.73. The van der Waals surface area contributed by atoms with Crippen molar-refractivity contribution in [2.24, 2.45) is 0 Å². The molecule has 3 heteroatoms. The maximum atomic E-state index is 5.97. The summed E-state index contributed by atoms with van der Waals surface area (Å²) in [7, 11) is 0. The van der Waals surface area contributed by atoms with E-state index >= 15 is 0 Å². The predicted molar refractivity (Wildman–Crippen MR) is 97.0 cm³/mol. The molecular formula is C20H32O3. The number of ether oxygens (including phenoxy) is 3. The van der Waals surface area contributed by atoms with Crippen LogP contribution in [0.4, 0.5) is 0 Å². The standard InChI is InChI=1S/C20H32O3/c1-6-11-12-13-16(7-2)17-14-15-18(21-8-3)20(23-10-5)19(17)22-9-4/h11-12,14-16H,6-10,13H2,1-5H3/b12-11-. The van der Waals surface area contributed by atoms with Crippen molar-refractivity contribution in [3.05, 3.63) is 29.8 Å². The number of hydrogen-bond acceptors (Lipinski definition) is 3. The first-order valence-corrected chi connectivity index (χ1v) is 8.93. The zero-order chi connectivity index (χ0) is 17.1. The molecule has 0 aliphatic heterocycles. The molecule has 0 bridgehead atoms. The molecule has 1 atom stereocenters. The first kappa shape index (κ1) is 19.4. The Balaban J connectivity index is 3.27. The van der Waals surface area contributed by atoms with Gasteiger partial charge in [-0.3, -0.25) is 0 Å². The van der Waals surface area contributed by atoms with Crippen LogP contribution in [0, 0.1) is 0 Å². The van der Waals surface area contributed by atoms with Crippen molar-refractivity contribution in [3.8, 4) is 17.2 Å². The van der Waals surface area contributed by atoms with Crippen LogP contribution >= 0.6 is 0 Å². The largest absolute Gasteiger partial charge is 0.490 e. The summed E-state index contributed by atoms with van der Waals surface area (Å²) in [5, 5.41) is 0. The Morgan fingerprint density at radius 1 is 0.826 bits per heavy atom. The summed E-state index contributed by atoms with van der Waals surface area (Å²) in [6, 6.07) is 4.14. The maximum Gasteiger partial charge on any atom is 0.203 e. The van der Waals surface area contributed by atoms with Crippen LogP contribution in [0.1, 0.15) is 65.4 Å². The Hall–Kier alpha value is -1.64. The van der Waals surface area contributed by atoms with E-state index in [0.717, 1.165) is 36.5 Å². The first-order valence-electron chi connectivity index (χ1n) is 8.93. The molecule has 1 aromatic rings. The molecule has 1 aromatic carbocycles. The highest BCUT2D eigenvalue weighted by atomic mass is 16.5. The fraction of sp³-hybridized carbons (Fsp3) is 0.600. The quantitative estimate of drug-likeness (QED) is 0.487. The summed E-state index contributed by atoms with van der Waals surface area (Å²) in [4.78, 5) is 0. The van der Waals surface area contributed by atoms with Crippen LogP contribution in [-0.2, 0) is 0 Å². The van der Waals surface area contributed by atoms with E-state index in [-0.39, 0.29) is 0 Å². The van der Waals surface area contributed by atoms with Gasteiger partial charge in [0.05, 0.1) is 19.8 Å². The van der Waals surface area contributed by atoms with Crippen LogP contribution in [0.3, 0.4) is 0 Å². The fourth-order valence-corrected chi connectivity index (χ4v) is 2.67. The zero-order valence-corrected chi connectivity index (χ0v) is 15.4. The molecule has 0 aliphatic carbocycles. The van der Waals surface area contributed by atoms with Crippen LogP contribution in [0.5, 0.6) is 17.2 Å². The lowest BCUT2D eigenvalue weighted by atomic mass is 9.91. The molecular weight excluding hydrogens is 288 g/mol. The molecule has 1 rings (SSSR count). The van der Waals surface area contributed by atoms with Gasteiger partial charge in [-0.15, -0.1) is 0 Å². The summed E-state index contributed by atoms with van der Waals surface area (Å²) in [5.41, 5.74) is 1.21. The van der Waals surface area contributed by atoms with Gasteiger partial charge < -0.3 is 14.2 Å². The van der Waals surface area contributed by atoms with Crippen molar-refractivity contribution in [3.63, 3.8) is 0 Å². The summed E-state index contributed by atoms with van der Waals surface area (Å²) < 4.78 is 17.6. The third kappa shape index (κ3) is 5.49. The highest BCUT2D eigenvalue weighted by molar-refractivity contribution is 5.57. The molecule has 0 radical (unpaired) electrons. The SMILES string of the molecule is CC/C=C\CC(CC)c1ccc(OCC)c(OCC)c1OCC. The topological polar surface area (TPSA) is 27.7 Å². The van der Waals surface area contributed by atoms with Crippen molar-refractivity contribution in [1.82, 2.24) is 0 Å². The van der Waals surface area contributed by atoms with Gasteiger partial charge in [0.25, 0.3) is 0 Å². The molecule has 0 aliphatic rings. The molecule has 0 heterocycles. The Morgan fingerprint density at radius 3 is 2.04 bits per heavy atom. The summed E-state index contributed by atoms with van der Waals surface area (Å²) in [6.45, 7) is 12.2. The third-order valence-electron chi connectivity index (χ3n) is 3.74. The Bertz CT molecular complexity index is 480. The molecule has 0 spiro atoms. The van der Waals surface area contributed by atoms with Crippen LogP contribution in [0.25, 0.3) is 0 Å². The van der Waals surface area contributed by atoms with Crippen LogP contribution < -0.4 is 14.2 Å². The molecule has 0 aromatic heterocycles. The van der Waals surface area contributed by atoms with E-state index in [9.17, 15) is 0 Å². The molecule has 23 heavy (non-hydrogen) atoms. The van der Waals surface area contributed by atoms with Gasteiger partial charge in [0, 0.05) is 5.56 Å². The van der Waals surface area contributed by atoms with Crippen molar-refractivity contribution in [2.45, 2.75) is 59.8 Å². The van der Waals surface area contributed by atoms with E-state index < -0.39 is 0 Å². The van der Waals surface area contributed by atoms with Crippen molar-refractivity contribution >= 4 is 0 Å². The van der Waals surface area contributed by atoms with Crippen molar-refractivity contribution in [1.29, 1.82) is 0 Å². The molecule has 0 N–H and O–H groups in total. The molecule has 3 nitrogen and oxygen atoms in total. The van der Waals surface area contributed by atoms with Crippen LogP contribution in [0.2, 0.25) is 0 Å². The highest BCUT2D eigenvalue weighted by Crippen LogP contribution is 2.44. The Labute approximate surface area is 141 Å². The fourth-order valence-electron chi connectivity index (χ4n) is 2.67. The summed E-state index contributed by atoms with van der Waals surface area (Å²) in [6.07, 6.45) is 7.64. The van der Waals surface area contributed by atoms with Crippen LogP contribution in [-0.4, -0.2) is 19.8 Å². The number of rotatable bonds is 11. The number of hydrogen-bond donors (Lipinski definition) is 0. The first-order chi connectivity index (χ1) is 11.2. The van der Waals surface area contributed by atoms with Gasteiger partial charge in [0.2, 0.25) is 5.75 Å². The van der Waals surface area contributed by atoms with Gasteiger partial charge in [-0.1, -0.05) is 32.1 Å². The van der Waals surface area contributed by atoms with Gasteiger partial charge in [0.1, 0.15) is 0 Å². The van der Waals surface area contributed by atoms with Gasteiger partial charge in [0.15, 0.2) is 11.5 Å². The second-order valence-corrected chi connectivity index (χ2v) is 5.33. The molecule has 0 saturated heterocycles. The molecule has 0 saturated carbocycles. The maximum absolute atomic E-state index is 5.97. The third-order valence-corrected chi connectivity index (χ3v) is 3.74. The van der Waals surface area contributed by atoms with Crippen molar-refractivity contribution < 1.29 is 14.2 Å². The lowest BCUT2D eigenvalue weighted by molar-refractivity contribution is 0.258. The average Bonchev–Trinajstić information content (AvgIpc) is 2.56.